The largest absolute Gasteiger partial charge is 0.480 e. The molecule has 1 heterocycles. The number of nitrogen functional groups attached to an aromatic ring is 1. The highest BCUT2D eigenvalue weighted by atomic mass is 16.4. The van der Waals surface area contributed by atoms with Crippen molar-refractivity contribution in [2.24, 2.45) is 5.73 Å². The molecule has 0 aliphatic heterocycles. The van der Waals surface area contributed by atoms with Gasteiger partial charge >= 0.3 is 5.97 Å². The van der Waals surface area contributed by atoms with Gasteiger partial charge in [-0.15, -0.1) is 0 Å². The van der Waals surface area contributed by atoms with Crippen LogP contribution in [-0.4, -0.2) is 16.1 Å². The van der Waals surface area contributed by atoms with E-state index in [1.54, 1.807) is 6.07 Å². The van der Waals surface area contributed by atoms with Gasteiger partial charge in [0.15, 0.2) is 0 Å². The first-order valence-corrected chi connectivity index (χ1v) is 3.70. The van der Waals surface area contributed by atoms with Crippen LogP contribution in [0.15, 0.2) is 12.3 Å². The molecule has 6 nitrogen and oxygen atoms in total. The number of hydrogen-bond acceptors (Lipinski definition) is 5. The summed E-state index contributed by atoms with van der Waals surface area (Å²) in [6, 6.07) is 1.93. The summed E-state index contributed by atoms with van der Waals surface area (Å²) in [4.78, 5) is 14.2. The van der Waals surface area contributed by atoms with Crippen LogP contribution in [0.4, 0.5) is 5.82 Å². The van der Waals surface area contributed by atoms with E-state index in [-0.39, 0.29) is 16.9 Å². The van der Waals surface area contributed by atoms with Gasteiger partial charge in [-0.3, -0.25) is 4.79 Å². The predicted molar refractivity (Wildman–Crippen MR) is 47.9 cm³/mol. The second-order valence-electron chi connectivity index (χ2n) is 2.63. The molecule has 0 radical (unpaired) electrons. The van der Waals surface area contributed by atoms with Crippen LogP contribution in [0.3, 0.4) is 0 Å². The zero-order chi connectivity index (χ0) is 10.7. The van der Waals surface area contributed by atoms with Crippen molar-refractivity contribution in [3.05, 3.63) is 23.4 Å². The third-order valence-corrected chi connectivity index (χ3v) is 1.69. The van der Waals surface area contributed by atoms with E-state index in [1.165, 1.54) is 12.3 Å². The summed E-state index contributed by atoms with van der Waals surface area (Å²) in [7, 11) is 0. The van der Waals surface area contributed by atoms with Gasteiger partial charge in [0.2, 0.25) is 0 Å². The summed E-state index contributed by atoms with van der Waals surface area (Å²) in [5.74, 6) is -1.12. The molecular weight excluding hydrogens is 184 g/mol. The standard InChI is InChI=1S/C8H8N4O2/c9-2-4-1-5(3-12-7(4)11)6(10)8(13)14/h1,3,6H,10H2,(H2,11,12)(H,13,14)/t6-/m0/s1. The minimum absolute atomic E-state index is 0.0637. The Labute approximate surface area is 79.8 Å². The zero-order valence-corrected chi connectivity index (χ0v) is 7.14. The number of aromatic nitrogens is 1. The van der Waals surface area contributed by atoms with Gasteiger partial charge in [-0.2, -0.15) is 5.26 Å². The molecule has 1 aromatic heterocycles. The van der Waals surface area contributed by atoms with Crippen molar-refractivity contribution in [2.75, 3.05) is 5.73 Å². The number of carboxylic acids is 1. The Morgan fingerprint density at radius 3 is 2.86 bits per heavy atom. The van der Waals surface area contributed by atoms with Crippen LogP contribution in [0, 0.1) is 11.3 Å². The van der Waals surface area contributed by atoms with E-state index in [9.17, 15) is 4.79 Å². The lowest BCUT2D eigenvalue weighted by Gasteiger charge is -2.06. The van der Waals surface area contributed by atoms with Crippen LogP contribution in [-0.2, 0) is 4.79 Å². The maximum absolute atomic E-state index is 10.5. The van der Waals surface area contributed by atoms with Crippen molar-refractivity contribution >= 4 is 11.8 Å². The maximum atomic E-state index is 10.5. The van der Waals surface area contributed by atoms with E-state index in [2.05, 4.69) is 4.98 Å². The van der Waals surface area contributed by atoms with Gasteiger partial charge in [0.1, 0.15) is 17.9 Å². The monoisotopic (exact) mass is 192 g/mol. The van der Waals surface area contributed by atoms with Crippen LogP contribution in [0.25, 0.3) is 0 Å². The highest BCUT2D eigenvalue weighted by Crippen LogP contribution is 2.14. The molecule has 5 N–H and O–H groups in total. The predicted octanol–water partition coefficient (Wildman–Crippen LogP) is -0.380. The van der Waals surface area contributed by atoms with Crippen molar-refractivity contribution in [3.8, 4) is 6.07 Å². The van der Waals surface area contributed by atoms with Crippen molar-refractivity contribution in [2.45, 2.75) is 6.04 Å². The van der Waals surface area contributed by atoms with Gasteiger partial charge in [0, 0.05) is 6.20 Å². The second kappa shape index (κ2) is 3.72. The number of carboxylic acid groups (broad SMARTS) is 1. The number of rotatable bonds is 2. The Bertz CT molecular complexity index is 410. The van der Waals surface area contributed by atoms with Crippen LogP contribution in [0.5, 0.6) is 0 Å². The normalized spacial score (nSPS) is 11.7. The van der Waals surface area contributed by atoms with Gasteiger partial charge in [0.05, 0.1) is 5.56 Å². The molecule has 0 spiro atoms. The number of nitriles is 1. The number of nitrogens with two attached hydrogens (primary N) is 2. The van der Waals surface area contributed by atoms with Crippen LogP contribution < -0.4 is 11.5 Å². The Morgan fingerprint density at radius 2 is 2.36 bits per heavy atom. The molecule has 0 saturated heterocycles. The summed E-state index contributed by atoms with van der Waals surface area (Å²) in [6.45, 7) is 0. The van der Waals surface area contributed by atoms with Gasteiger partial charge in [0.25, 0.3) is 0 Å². The molecule has 0 aliphatic rings. The fourth-order valence-corrected chi connectivity index (χ4v) is 0.894. The molecule has 1 atom stereocenters. The Hall–Kier alpha value is -2.13. The number of aliphatic carboxylic acids is 1. The minimum Gasteiger partial charge on any atom is -0.480 e. The third-order valence-electron chi connectivity index (χ3n) is 1.69. The second-order valence-corrected chi connectivity index (χ2v) is 2.63. The fourth-order valence-electron chi connectivity index (χ4n) is 0.894. The molecule has 6 heteroatoms. The van der Waals surface area contributed by atoms with Crippen molar-refractivity contribution in [1.29, 1.82) is 5.26 Å². The minimum atomic E-state index is -1.18. The molecule has 0 unspecified atom stereocenters. The molecule has 72 valence electrons. The van der Waals surface area contributed by atoms with E-state index in [0.717, 1.165) is 0 Å². The Morgan fingerprint density at radius 1 is 1.71 bits per heavy atom. The van der Waals surface area contributed by atoms with Crippen molar-refractivity contribution in [1.82, 2.24) is 4.98 Å². The van der Waals surface area contributed by atoms with E-state index in [0.29, 0.717) is 0 Å². The topological polar surface area (TPSA) is 126 Å². The number of carbonyl (C=O) groups is 1. The molecular formula is C8H8N4O2. The molecule has 0 aliphatic carbocycles. The van der Waals surface area contributed by atoms with Gasteiger partial charge < -0.3 is 16.6 Å². The van der Waals surface area contributed by atoms with Crippen LogP contribution in [0.2, 0.25) is 0 Å². The maximum Gasteiger partial charge on any atom is 0.325 e. The first-order valence-electron chi connectivity index (χ1n) is 3.70. The SMILES string of the molecule is N#Cc1cc([C@H](N)C(=O)O)cnc1N. The summed E-state index contributed by atoms with van der Waals surface area (Å²) < 4.78 is 0. The zero-order valence-electron chi connectivity index (χ0n) is 7.14. The van der Waals surface area contributed by atoms with E-state index in [1.807, 2.05) is 0 Å². The number of pyridine rings is 1. The van der Waals surface area contributed by atoms with Gasteiger partial charge in [-0.05, 0) is 11.6 Å². The lowest BCUT2D eigenvalue weighted by molar-refractivity contribution is -0.138. The molecule has 0 aromatic carbocycles. The van der Waals surface area contributed by atoms with Crippen molar-refractivity contribution < 1.29 is 9.90 Å². The van der Waals surface area contributed by atoms with Crippen molar-refractivity contribution in [3.63, 3.8) is 0 Å². The highest BCUT2D eigenvalue weighted by Gasteiger charge is 2.15. The number of hydrogen-bond donors (Lipinski definition) is 3. The fraction of sp³-hybridized carbons (Fsp3) is 0.125. The molecule has 0 amide bonds. The molecule has 0 saturated carbocycles. The highest BCUT2D eigenvalue weighted by molar-refractivity contribution is 5.75. The van der Waals surface area contributed by atoms with E-state index >= 15 is 0 Å². The molecule has 0 bridgehead atoms. The summed E-state index contributed by atoms with van der Waals surface area (Å²) in [6.07, 6.45) is 1.24. The average Bonchev–Trinajstić information content (AvgIpc) is 2.17. The van der Waals surface area contributed by atoms with Gasteiger partial charge in [-0.1, -0.05) is 0 Å². The lowest BCUT2D eigenvalue weighted by atomic mass is 10.1. The van der Waals surface area contributed by atoms with Crippen LogP contribution >= 0.6 is 0 Å². The molecule has 1 rings (SSSR count). The number of nitrogens with zero attached hydrogens (tertiary/aromatic N) is 2. The summed E-state index contributed by atoms with van der Waals surface area (Å²) in [5, 5.41) is 17.2. The lowest BCUT2D eigenvalue weighted by Crippen LogP contribution is -2.21. The van der Waals surface area contributed by atoms with Crippen LogP contribution in [0.1, 0.15) is 17.2 Å². The average molecular weight is 192 g/mol. The number of anilines is 1. The first kappa shape index (κ1) is 9.95. The Kier molecular flexibility index (Phi) is 2.65. The smallest absolute Gasteiger partial charge is 0.325 e. The van der Waals surface area contributed by atoms with E-state index < -0.39 is 12.0 Å². The summed E-state index contributed by atoms with van der Waals surface area (Å²) in [5.41, 5.74) is 11.1. The Balaban J connectivity index is 3.14. The first-order chi connectivity index (χ1) is 6.56. The third kappa shape index (κ3) is 1.78. The molecule has 14 heavy (non-hydrogen) atoms. The quantitative estimate of drug-likeness (QED) is 0.586. The van der Waals surface area contributed by atoms with E-state index in [4.69, 9.17) is 21.8 Å². The molecule has 0 fully saturated rings. The summed E-state index contributed by atoms with van der Waals surface area (Å²) >= 11 is 0. The van der Waals surface area contributed by atoms with Gasteiger partial charge in [-0.25, -0.2) is 4.98 Å². The molecule has 1 aromatic rings.